The van der Waals surface area contributed by atoms with Crippen LogP contribution >= 0.6 is 0 Å². The van der Waals surface area contributed by atoms with Crippen molar-refractivity contribution in [3.63, 3.8) is 0 Å². The van der Waals surface area contributed by atoms with E-state index in [4.69, 9.17) is 14.3 Å². The lowest BCUT2D eigenvalue weighted by atomic mass is 10.0. The van der Waals surface area contributed by atoms with Crippen molar-refractivity contribution in [2.24, 2.45) is 5.92 Å². The van der Waals surface area contributed by atoms with E-state index in [0.29, 0.717) is 24.5 Å². The lowest BCUT2D eigenvalue weighted by Crippen LogP contribution is -2.43. The number of hydrogen-bond acceptors (Lipinski definition) is 5. The predicted octanol–water partition coefficient (Wildman–Crippen LogP) is 7.47. The zero-order valence-corrected chi connectivity index (χ0v) is 22.2. The average molecular weight is 514 g/mol. The zero-order chi connectivity index (χ0) is 27.1. The molecule has 0 radical (unpaired) electrons. The summed E-state index contributed by atoms with van der Waals surface area (Å²) in [5, 5.41) is 9.87. The number of furan rings is 1. The molecule has 1 heterocycles. The number of fused-ring (bicyclic) bond motifs is 1. The number of ketones is 1. The van der Waals surface area contributed by atoms with E-state index in [9.17, 15) is 9.59 Å². The minimum Gasteiger partial charge on any atom is -0.491 e. The Labute approximate surface area is 223 Å². The fraction of sp³-hybridized carbons (Fsp3) is 0.312. The van der Waals surface area contributed by atoms with Gasteiger partial charge >= 0.3 is 5.97 Å². The Kier molecular flexibility index (Phi) is 8.85. The number of Topliss-reactive ketones (excluding diaryl/α,β-unsaturated/α-hetero) is 1. The van der Waals surface area contributed by atoms with Gasteiger partial charge in [0, 0.05) is 41.6 Å². The lowest BCUT2D eigenvalue weighted by Gasteiger charge is -2.35. The number of benzene rings is 3. The molecule has 6 nitrogen and oxygen atoms in total. The van der Waals surface area contributed by atoms with E-state index >= 15 is 0 Å². The third kappa shape index (κ3) is 6.62. The highest BCUT2D eigenvalue weighted by molar-refractivity contribution is 5.96. The van der Waals surface area contributed by atoms with Crippen LogP contribution < -0.4 is 9.64 Å². The summed E-state index contributed by atoms with van der Waals surface area (Å²) >= 11 is 0. The highest BCUT2D eigenvalue weighted by Crippen LogP contribution is 2.29. The molecule has 0 spiro atoms. The summed E-state index contributed by atoms with van der Waals surface area (Å²) in [4.78, 5) is 25.4. The van der Waals surface area contributed by atoms with Gasteiger partial charge in [0.25, 0.3) is 0 Å². The topological polar surface area (TPSA) is 80.0 Å². The second-order valence-corrected chi connectivity index (χ2v) is 9.80. The summed E-state index contributed by atoms with van der Waals surface area (Å²) in [6, 6.07) is 25.7. The minimum absolute atomic E-state index is 0.00609. The number of para-hydroxylation sites is 1. The summed E-state index contributed by atoms with van der Waals surface area (Å²) in [6.45, 7) is 7.79. The van der Waals surface area contributed by atoms with Crippen LogP contribution in [0.25, 0.3) is 22.3 Å². The number of anilines is 1. The van der Waals surface area contributed by atoms with Crippen LogP contribution in [0.2, 0.25) is 0 Å². The Hall–Kier alpha value is -4.06. The van der Waals surface area contributed by atoms with E-state index in [0.717, 1.165) is 40.3 Å². The Bertz CT molecular complexity index is 1320. The van der Waals surface area contributed by atoms with Gasteiger partial charge in [0.2, 0.25) is 0 Å². The monoisotopic (exact) mass is 513 g/mol. The number of aliphatic carboxylic acids is 1. The number of carbonyl (C=O) groups excluding carboxylic acids is 1. The number of nitrogens with zero attached hydrogens (tertiary/aromatic N) is 1. The molecule has 6 heteroatoms. The second kappa shape index (κ2) is 12.5. The first-order chi connectivity index (χ1) is 18.4. The summed E-state index contributed by atoms with van der Waals surface area (Å²) < 4.78 is 12.2. The van der Waals surface area contributed by atoms with Gasteiger partial charge in [-0.2, -0.15) is 0 Å². The molecule has 0 bridgehead atoms. The molecule has 0 saturated carbocycles. The number of rotatable bonds is 13. The average Bonchev–Trinajstić information content (AvgIpc) is 3.35. The lowest BCUT2D eigenvalue weighted by molar-refractivity contribution is -0.137. The van der Waals surface area contributed by atoms with Crippen LogP contribution in [0.1, 0.15) is 50.4 Å². The van der Waals surface area contributed by atoms with Crippen LogP contribution in [0, 0.1) is 5.92 Å². The van der Waals surface area contributed by atoms with Crippen molar-refractivity contribution in [1.29, 1.82) is 0 Å². The molecule has 1 atom stereocenters. The predicted molar refractivity (Wildman–Crippen MR) is 151 cm³/mol. The SMILES string of the molecule is CCN(c1ccc(C(=O)CCCC(=O)O)cc1)[C@H](COc1ccc(-c2cc3ccccc3o2)cc1)C(C)C. The number of carboxylic acids is 1. The van der Waals surface area contributed by atoms with Crippen molar-refractivity contribution in [2.45, 2.75) is 46.1 Å². The van der Waals surface area contributed by atoms with E-state index in [1.807, 2.05) is 78.9 Å². The van der Waals surface area contributed by atoms with E-state index in [1.54, 1.807) is 0 Å². The number of hydrogen-bond donors (Lipinski definition) is 1. The van der Waals surface area contributed by atoms with Gasteiger partial charge in [-0.25, -0.2) is 0 Å². The number of carbonyl (C=O) groups is 2. The normalized spacial score (nSPS) is 12.0. The Morgan fingerprint density at radius 3 is 2.29 bits per heavy atom. The fourth-order valence-electron chi connectivity index (χ4n) is 4.66. The van der Waals surface area contributed by atoms with E-state index in [1.165, 1.54) is 0 Å². The first kappa shape index (κ1) is 27.0. The van der Waals surface area contributed by atoms with Crippen molar-refractivity contribution in [3.05, 3.63) is 84.4 Å². The largest absolute Gasteiger partial charge is 0.491 e. The maximum atomic E-state index is 12.4. The molecular formula is C32H35NO5. The van der Waals surface area contributed by atoms with Crippen molar-refractivity contribution in [3.8, 4) is 17.1 Å². The van der Waals surface area contributed by atoms with Gasteiger partial charge in [-0.05, 0) is 79.9 Å². The van der Waals surface area contributed by atoms with Gasteiger partial charge in [0.05, 0.1) is 6.04 Å². The summed E-state index contributed by atoms with van der Waals surface area (Å²) in [5.41, 5.74) is 3.51. The summed E-state index contributed by atoms with van der Waals surface area (Å²) in [5.74, 6) is 1.06. The van der Waals surface area contributed by atoms with Crippen LogP contribution in [0.15, 0.2) is 83.3 Å². The smallest absolute Gasteiger partial charge is 0.303 e. The molecule has 4 aromatic rings. The third-order valence-corrected chi connectivity index (χ3v) is 6.81. The molecule has 198 valence electrons. The summed E-state index contributed by atoms with van der Waals surface area (Å²) in [6.07, 6.45) is 0.593. The molecule has 38 heavy (non-hydrogen) atoms. The van der Waals surface area contributed by atoms with Crippen LogP contribution in [0.3, 0.4) is 0 Å². The van der Waals surface area contributed by atoms with Gasteiger partial charge in [-0.3, -0.25) is 9.59 Å². The van der Waals surface area contributed by atoms with E-state index in [2.05, 4.69) is 25.7 Å². The van der Waals surface area contributed by atoms with Crippen molar-refractivity contribution < 1.29 is 23.8 Å². The zero-order valence-electron chi connectivity index (χ0n) is 22.2. The Morgan fingerprint density at radius 1 is 0.947 bits per heavy atom. The quantitative estimate of drug-likeness (QED) is 0.187. The maximum absolute atomic E-state index is 12.4. The van der Waals surface area contributed by atoms with Gasteiger partial charge < -0.3 is 19.2 Å². The van der Waals surface area contributed by atoms with Crippen LogP contribution in [0.5, 0.6) is 5.75 Å². The molecule has 1 N–H and O–H groups in total. The van der Waals surface area contributed by atoms with Gasteiger partial charge in [-0.1, -0.05) is 32.0 Å². The van der Waals surface area contributed by atoms with Crippen LogP contribution in [-0.2, 0) is 4.79 Å². The van der Waals surface area contributed by atoms with Crippen molar-refractivity contribution in [2.75, 3.05) is 18.1 Å². The number of carboxylic acid groups (broad SMARTS) is 1. The van der Waals surface area contributed by atoms with E-state index < -0.39 is 5.97 Å². The highest BCUT2D eigenvalue weighted by atomic mass is 16.5. The van der Waals surface area contributed by atoms with Gasteiger partial charge in [-0.15, -0.1) is 0 Å². The molecule has 0 unspecified atom stereocenters. The van der Waals surface area contributed by atoms with E-state index in [-0.39, 0.29) is 24.7 Å². The maximum Gasteiger partial charge on any atom is 0.303 e. The Balaban J connectivity index is 1.40. The van der Waals surface area contributed by atoms with Crippen molar-refractivity contribution in [1.82, 2.24) is 0 Å². The third-order valence-electron chi connectivity index (χ3n) is 6.81. The number of likely N-dealkylation sites (N-methyl/N-ethyl adjacent to an activating group) is 1. The van der Waals surface area contributed by atoms with Gasteiger partial charge in [0.1, 0.15) is 23.7 Å². The Morgan fingerprint density at radius 2 is 1.66 bits per heavy atom. The molecule has 0 amide bonds. The fourth-order valence-corrected chi connectivity index (χ4v) is 4.66. The standard InChI is InChI=1S/C32H35NO5/c1-4-33(26-16-12-23(13-17-26)29(34)9-7-11-32(35)36)28(22(2)3)21-37-27-18-14-24(15-19-27)31-20-25-8-5-6-10-30(25)38-31/h5-6,8,10,12-20,22,28H,4,7,9,11,21H2,1-3H3,(H,35,36)/t28-/m1/s1. The van der Waals surface area contributed by atoms with Gasteiger partial charge in [0.15, 0.2) is 5.78 Å². The molecule has 4 rings (SSSR count). The molecular weight excluding hydrogens is 478 g/mol. The molecule has 0 aliphatic carbocycles. The molecule has 0 saturated heterocycles. The molecule has 3 aromatic carbocycles. The molecule has 0 aliphatic heterocycles. The van der Waals surface area contributed by atoms with Crippen LogP contribution in [0.4, 0.5) is 5.69 Å². The van der Waals surface area contributed by atoms with Crippen LogP contribution in [-0.4, -0.2) is 36.1 Å². The highest BCUT2D eigenvalue weighted by Gasteiger charge is 2.22. The minimum atomic E-state index is -0.879. The molecule has 0 fully saturated rings. The second-order valence-electron chi connectivity index (χ2n) is 9.80. The van der Waals surface area contributed by atoms with Crippen molar-refractivity contribution >= 4 is 28.4 Å². The summed E-state index contributed by atoms with van der Waals surface area (Å²) in [7, 11) is 0. The first-order valence-corrected chi connectivity index (χ1v) is 13.2. The molecule has 0 aliphatic rings. The number of ether oxygens (including phenoxy) is 1. The first-order valence-electron chi connectivity index (χ1n) is 13.2. The molecule has 1 aromatic heterocycles.